The standard InChI is InChI=1S/C28H32F5N7O3/c1-14-4-5-35-6-7-36-25-20-24(38-27(39-25)42-13-17-3-2-16-12-41-9-8-40(16)17)22(30)23(37-26(20)43-14)18-10-15(34)11-19(29)21(18)28(31,32)33/h10-11,14,16-17,35H,2-9,12-13,34H2,1H3,(H,36,38,39)/t14-,16-,17-/m0/s1. The van der Waals surface area contributed by atoms with Crippen molar-refractivity contribution in [2.45, 2.75) is 50.6 Å². The zero-order valence-electron chi connectivity index (χ0n) is 23.4. The van der Waals surface area contributed by atoms with E-state index in [4.69, 9.17) is 19.9 Å². The van der Waals surface area contributed by atoms with Crippen molar-refractivity contribution in [2.24, 2.45) is 0 Å². The summed E-state index contributed by atoms with van der Waals surface area (Å²) in [6.07, 6.45) is -3.28. The summed E-state index contributed by atoms with van der Waals surface area (Å²) in [6, 6.07) is 1.58. The first kappa shape index (κ1) is 29.5. The van der Waals surface area contributed by atoms with E-state index in [9.17, 15) is 17.6 Å². The van der Waals surface area contributed by atoms with Gasteiger partial charge in [0.25, 0.3) is 0 Å². The number of pyridine rings is 1. The first-order chi connectivity index (χ1) is 20.6. The third-order valence-corrected chi connectivity index (χ3v) is 8.00. The summed E-state index contributed by atoms with van der Waals surface area (Å²) in [5.74, 6) is -2.92. The summed E-state index contributed by atoms with van der Waals surface area (Å²) in [5, 5.41) is 6.42. The Labute approximate surface area is 244 Å². The van der Waals surface area contributed by atoms with Crippen LogP contribution in [0.4, 0.5) is 33.5 Å². The second kappa shape index (κ2) is 11.8. The zero-order chi connectivity index (χ0) is 30.3. The number of nitrogens with zero attached hydrogens (tertiary/aromatic N) is 4. The molecule has 1 aromatic carbocycles. The predicted octanol–water partition coefficient (Wildman–Crippen LogP) is 3.99. The van der Waals surface area contributed by atoms with Gasteiger partial charge >= 0.3 is 12.2 Å². The van der Waals surface area contributed by atoms with Gasteiger partial charge in [-0.3, -0.25) is 4.90 Å². The molecule has 0 bridgehead atoms. The van der Waals surface area contributed by atoms with Gasteiger partial charge in [-0.25, -0.2) is 13.8 Å². The predicted molar refractivity (Wildman–Crippen MR) is 148 cm³/mol. The number of fused-ring (bicyclic) bond motifs is 1. The molecule has 6 rings (SSSR count). The smallest absolute Gasteiger partial charge is 0.419 e. The Bertz CT molecular complexity index is 1510. The average molecular weight is 610 g/mol. The molecule has 2 fully saturated rings. The van der Waals surface area contributed by atoms with E-state index in [2.05, 4.69) is 30.5 Å². The highest BCUT2D eigenvalue weighted by Crippen LogP contribution is 2.43. The van der Waals surface area contributed by atoms with E-state index < -0.39 is 40.7 Å². The number of hydrogen-bond donors (Lipinski definition) is 3. The molecule has 5 heterocycles. The Morgan fingerprint density at radius 3 is 2.74 bits per heavy atom. The maximum absolute atomic E-state index is 16.4. The fourth-order valence-corrected chi connectivity index (χ4v) is 5.93. The summed E-state index contributed by atoms with van der Waals surface area (Å²) < 4.78 is 90.8. The number of ether oxygens (including phenoxy) is 3. The van der Waals surface area contributed by atoms with Gasteiger partial charge in [-0.2, -0.15) is 23.1 Å². The van der Waals surface area contributed by atoms with E-state index in [0.29, 0.717) is 51.4 Å². The van der Waals surface area contributed by atoms with E-state index in [1.165, 1.54) is 0 Å². The minimum atomic E-state index is -5.17. The quantitative estimate of drug-likeness (QED) is 0.296. The molecule has 0 radical (unpaired) electrons. The van der Waals surface area contributed by atoms with Crippen LogP contribution in [0.1, 0.15) is 31.7 Å². The molecule has 0 aliphatic carbocycles. The van der Waals surface area contributed by atoms with Crippen molar-refractivity contribution in [3.8, 4) is 23.1 Å². The molecule has 15 heteroatoms. The van der Waals surface area contributed by atoms with E-state index in [1.54, 1.807) is 6.92 Å². The van der Waals surface area contributed by atoms with E-state index >= 15 is 4.39 Å². The second-order valence-electron chi connectivity index (χ2n) is 11.0. The lowest BCUT2D eigenvalue weighted by atomic mass is 10.0. The average Bonchev–Trinajstić information content (AvgIpc) is 3.35. The van der Waals surface area contributed by atoms with Crippen molar-refractivity contribution in [1.29, 1.82) is 0 Å². The third kappa shape index (κ3) is 5.97. The molecule has 3 aromatic rings. The lowest BCUT2D eigenvalue weighted by Crippen LogP contribution is -2.46. The largest absolute Gasteiger partial charge is 0.474 e. The molecule has 43 heavy (non-hydrogen) atoms. The Kier molecular flexibility index (Phi) is 8.13. The van der Waals surface area contributed by atoms with E-state index in [-0.39, 0.29) is 46.9 Å². The number of benzene rings is 1. The molecule has 232 valence electrons. The van der Waals surface area contributed by atoms with Crippen LogP contribution in [0.25, 0.3) is 22.2 Å². The summed E-state index contributed by atoms with van der Waals surface area (Å²) >= 11 is 0. The van der Waals surface area contributed by atoms with Gasteiger partial charge in [0.15, 0.2) is 5.82 Å². The van der Waals surface area contributed by atoms with Gasteiger partial charge in [-0.05, 0) is 44.9 Å². The van der Waals surface area contributed by atoms with Crippen LogP contribution in [0.5, 0.6) is 11.9 Å². The van der Waals surface area contributed by atoms with Gasteiger partial charge in [0.05, 0.1) is 19.3 Å². The van der Waals surface area contributed by atoms with Crippen LogP contribution in [0.2, 0.25) is 0 Å². The highest BCUT2D eigenvalue weighted by molar-refractivity contribution is 5.96. The number of hydrogen-bond acceptors (Lipinski definition) is 10. The summed E-state index contributed by atoms with van der Waals surface area (Å²) in [7, 11) is 0. The Balaban J connectivity index is 1.49. The lowest BCUT2D eigenvalue weighted by molar-refractivity contribution is -0.139. The molecular formula is C28H32F5N7O3. The number of morpholine rings is 1. The molecule has 2 aromatic heterocycles. The van der Waals surface area contributed by atoms with Crippen molar-refractivity contribution >= 4 is 22.4 Å². The Hall–Kier alpha value is -3.56. The molecule has 2 saturated heterocycles. The number of anilines is 2. The molecule has 3 atom stereocenters. The van der Waals surface area contributed by atoms with E-state index in [0.717, 1.165) is 25.5 Å². The molecule has 3 aliphatic heterocycles. The molecule has 0 spiro atoms. The second-order valence-corrected chi connectivity index (χ2v) is 11.0. The van der Waals surface area contributed by atoms with Crippen LogP contribution in [0.3, 0.4) is 0 Å². The topological polar surface area (TPSA) is 120 Å². The maximum Gasteiger partial charge on any atom is 0.419 e. The van der Waals surface area contributed by atoms with Crippen molar-refractivity contribution in [2.75, 3.05) is 57.1 Å². The SMILES string of the molecule is C[C@H]1CCNCCNc2nc(OC[C@@H]3CC[C@H]4COCCN43)nc3c(F)c(-c4cc(N)cc(F)c4C(F)(F)F)nc(c23)O1. The lowest BCUT2D eigenvalue weighted by Gasteiger charge is -2.33. The minimum Gasteiger partial charge on any atom is -0.474 e. The van der Waals surface area contributed by atoms with Gasteiger partial charge in [-0.1, -0.05) is 0 Å². The van der Waals surface area contributed by atoms with Crippen molar-refractivity contribution in [3.05, 3.63) is 29.3 Å². The number of nitrogen functional groups attached to an aromatic ring is 1. The van der Waals surface area contributed by atoms with Crippen molar-refractivity contribution in [1.82, 2.24) is 25.2 Å². The molecular weight excluding hydrogens is 577 g/mol. The van der Waals surface area contributed by atoms with Crippen LogP contribution < -0.4 is 25.8 Å². The van der Waals surface area contributed by atoms with Crippen molar-refractivity contribution in [3.63, 3.8) is 0 Å². The monoisotopic (exact) mass is 609 g/mol. The molecule has 0 saturated carbocycles. The Morgan fingerprint density at radius 1 is 1.09 bits per heavy atom. The highest BCUT2D eigenvalue weighted by atomic mass is 19.4. The first-order valence-corrected chi connectivity index (χ1v) is 14.3. The normalized spacial score (nSPS) is 23.3. The summed E-state index contributed by atoms with van der Waals surface area (Å²) in [5.41, 5.74) is 1.63. The zero-order valence-corrected chi connectivity index (χ0v) is 23.4. The van der Waals surface area contributed by atoms with Gasteiger partial charge in [-0.15, -0.1) is 0 Å². The number of halogens is 5. The van der Waals surface area contributed by atoms with Gasteiger partial charge < -0.3 is 30.6 Å². The summed E-state index contributed by atoms with van der Waals surface area (Å²) in [4.78, 5) is 15.3. The fraction of sp³-hybridized carbons (Fsp3) is 0.536. The van der Waals surface area contributed by atoms with Crippen LogP contribution in [0, 0.1) is 11.6 Å². The van der Waals surface area contributed by atoms with Gasteiger partial charge in [0.1, 0.15) is 40.4 Å². The number of nitrogens with one attached hydrogen (secondary N) is 2. The Morgan fingerprint density at radius 2 is 1.93 bits per heavy atom. The first-order valence-electron chi connectivity index (χ1n) is 14.3. The minimum absolute atomic E-state index is 0.0365. The number of alkyl halides is 3. The highest BCUT2D eigenvalue weighted by Gasteiger charge is 2.40. The molecule has 4 N–H and O–H groups in total. The fourth-order valence-electron chi connectivity index (χ4n) is 5.93. The number of rotatable bonds is 4. The van der Waals surface area contributed by atoms with Crippen molar-refractivity contribution < 1.29 is 36.2 Å². The number of aromatic nitrogens is 3. The summed E-state index contributed by atoms with van der Waals surface area (Å²) in [6.45, 7) is 5.53. The van der Waals surface area contributed by atoms with Crippen LogP contribution in [0.15, 0.2) is 12.1 Å². The van der Waals surface area contributed by atoms with Crippen LogP contribution >= 0.6 is 0 Å². The van der Waals surface area contributed by atoms with E-state index in [1.807, 2.05) is 0 Å². The van der Waals surface area contributed by atoms with Crippen LogP contribution in [-0.2, 0) is 10.9 Å². The van der Waals surface area contributed by atoms with Gasteiger partial charge in [0.2, 0.25) is 5.88 Å². The molecule has 10 nitrogen and oxygen atoms in total. The third-order valence-electron chi connectivity index (χ3n) is 8.00. The molecule has 0 unspecified atom stereocenters. The maximum atomic E-state index is 16.4. The number of nitrogens with two attached hydrogens (primary N) is 1. The molecule has 3 aliphatic rings. The molecule has 0 amide bonds. The van der Waals surface area contributed by atoms with Gasteiger partial charge in [0, 0.05) is 43.0 Å². The van der Waals surface area contributed by atoms with Crippen LogP contribution in [-0.4, -0.2) is 84.0 Å².